The summed E-state index contributed by atoms with van der Waals surface area (Å²) in [6.07, 6.45) is 0. The number of hydrogen-bond acceptors (Lipinski definition) is 2. The van der Waals surface area contributed by atoms with E-state index < -0.39 is 0 Å². The molecule has 20 heavy (non-hydrogen) atoms. The smallest absolute Gasteiger partial charge is 0.0620 e. The van der Waals surface area contributed by atoms with Crippen LogP contribution in [-0.2, 0) is 7.05 Å². The highest BCUT2D eigenvalue weighted by Crippen LogP contribution is 2.16. The maximum atomic E-state index is 4.74. The Morgan fingerprint density at radius 3 is 1.35 bits per heavy atom. The van der Waals surface area contributed by atoms with Crippen molar-refractivity contribution in [1.82, 2.24) is 4.57 Å². The molecular weight excluding hydrogens is 246 g/mol. The summed E-state index contributed by atoms with van der Waals surface area (Å²) in [6, 6.07) is 4.25. The Balaban J connectivity index is 3.20. The molecule has 1 aromatic heterocycles. The lowest BCUT2D eigenvalue weighted by atomic mass is 10.1. The van der Waals surface area contributed by atoms with Gasteiger partial charge in [0, 0.05) is 7.05 Å². The van der Waals surface area contributed by atoms with Crippen LogP contribution in [0.5, 0.6) is 0 Å². The first-order valence-corrected chi connectivity index (χ1v) is 7.20. The number of nitrogens with zero attached hydrogens (tertiary/aromatic N) is 3. The molecule has 0 amide bonds. The Hall–Kier alpha value is -1.38. The van der Waals surface area contributed by atoms with Crippen LogP contribution in [-0.4, -0.2) is 27.1 Å². The van der Waals surface area contributed by atoms with Gasteiger partial charge in [0.1, 0.15) is 0 Å². The predicted molar refractivity (Wildman–Crippen MR) is 89.3 cm³/mol. The molecule has 0 aliphatic carbocycles. The summed E-state index contributed by atoms with van der Waals surface area (Å²) >= 11 is 0. The Kier molecular flexibility index (Phi) is 4.62. The standard InChI is InChI=1S/C17H29N3/c1-12(18-16(3,4)5)14-10-11-15(20(14)9)13(2)19-17(6,7)8/h10-11H,1-9H3. The molecule has 112 valence electrons. The Morgan fingerprint density at radius 1 is 0.800 bits per heavy atom. The first-order valence-electron chi connectivity index (χ1n) is 7.20. The lowest BCUT2D eigenvalue weighted by molar-refractivity contribution is 0.582. The monoisotopic (exact) mass is 275 g/mol. The average molecular weight is 275 g/mol. The SMILES string of the molecule is CC(=NC(C)(C)C)c1ccc(C(C)=NC(C)(C)C)n1C. The molecule has 0 N–H and O–H groups in total. The summed E-state index contributed by atoms with van der Waals surface area (Å²) < 4.78 is 2.18. The normalized spacial score (nSPS) is 14.8. The van der Waals surface area contributed by atoms with Gasteiger partial charge in [-0.3, -0.25) is 9.98 Å². The van der Waals surface area contributed by atoms with E-state index >= 15 is 0 Å². The fourth-order valence-corrected chi connectivity index (χ4v) is 2.36. The first-order chi connectivity index (χ1) is 8.91. The van der Waals surface area contributed by atoms with Gasteiger partial charge in [0.25, 0.3) is 0 Å². The molecule has 0 radical (unpaired) electrons. The minimum Gasteiger partial charge on any atom is -0.342 e. The van der Waals surface area contributed by atoms with Crippen molar-refractivity contribution in [3.63, 3.8) is 0 Å². The van der Waals surface area contributed by atoms with E-state index in [2.05, 4.69) is 79.1 Å². The van der Waals surface area contributed by atoms with Crippen LogP contribution in [0, 0.1) is 0 Å². The number of hydrogen-bond donors (Lipinski definition) is 0. The van der Waals surface area contributed by atoms with Crippen molar-refractivity contribution in [2.45, 2.75) is 66.5 Å². The molecule has 1 rings (SSSR count). The van der Waals surface area contributed by atoms with Crippen LogP contribution in [0.25, 0.3) is 0 Å². The van der Waals surface area contributed by atoms with Crippen LogP contribution in [0.2, 0.25) is 0 Å². The van der Waals surface area contributed by atoms with E-state index in [-0.39, 0.29) is 11.1 Å². The van der Waals surface area contributed by atoms with Gasteiger partial charge in [-0.25, -0.2) is 0 Å². The summed E-state index contributed by atoms with van der Waals surface area (Å²) in [6.45, 7) is 16.8. The molecular formula is C17H29N3. The highest BCUT2D eigenvalue weighted by molar-refractivity contribution is 6.02. The van der Waals surface area contributed by atoms with Gasteiger partial charge < -0.3 is 4.57 Å². The van der Waals surface area contributed by atoms with E-state index in [9.17, 15) is 0 Å². The van der Waals surface area contributed by atoms with Gasteiger partial charge in [0.15, 0.2) is 0 Å². The molecule has 1 aromatic rings. The summed E-state index contributed by atoms with van der Waals surface area (Å²) in [4.78, 5) is 9.49. The molecule has 0 saturated carbocycles. The summed E-state index contributed by atoms with van der Waals surface area (Å²) in [7, 11) is 2.08. The van der Waals surface area contributed by atoms with Crippen molar-refractivity contribution in [2.75, 3.05) is 0 Å². The second-order valence-electron chi connectivity index (χ2n) is 7.40. The fraction of sp³-hybridized carbons (Fsp3) is 0.647. The molecule has 0 aliphatic heterocycles. The molecule has 0 fully saturated rings. The van der Waals surface area contributed by atoms with Gasteiger partial charge in [0.05, 0.1) is 33.9 Å². The van der Waals surface area contributed by atoms with E-state index in [0.717, 1.165) is 22.8 Å². The van der Waals surface area contributed by atoms with E-state index in [1.165, 1.54) is 0 Å². The Bertz CT molecular complexity index is 484. The zero-order valence-corrected chi connectivity index (χ0v) is 14.5. The third kappa shape index (κ3) is 4.62. The summed E-state index contributed by atoms with van der Waals surface area (Å²) in [5, 5.41) is 0. The van der Waals surface area contributed by atoms with Gasteiger partial charge in [-0.15, -0.1) is 0 Å². The second kappa shape index (κ2) is 5.55. The lowest BCUT2D eigenvalue weighted by Gasteiger charge is -2.16. The molecule has 0 atom stereocenters. The van der Waals surface area contributed by atoms with Gasteiger partial charge in [0.2, 0.25) is 0 Å². The van der Waals surface area contributed by atoms with Crippen molar-refractivity contribution in [2.24, 2.45) is 17.0 Å². The van der Waals surface area contributed by atoms with E-state index in [4.69, 9.17) is 9.98 Å². The highest BCUT2D eigenvalue weighted by atomic mass is 15.0. The van der Waals surface area contributed by atoms with Crippen molar-refractivity contribution >= 4 is 11.4 Å². The lowest BCUT2D eigenvalue weighted by Crippen LogP contribution is -2.17. The number of aromatic nitrogens is 1. The van der Waals surface area contributed by atoms with Crippen molar-refractivity contribution in [3.8, 4) is 0 Å². The fourth-order valence-electron chi connectivity index (χ4n) is 2.36. The third-order valence-electron chi connectivity index (χ3n) is 2.87. The van der Waals surface area contributed by atoms with Crippen LogP contribution >= 0.6 is 0 Å². The molecule has 3 heteroatoms. The number of aliphatic imine (C=N–C) groups is 2. The maximum Gasteiger partial charge on any atom is 0.0620 e. The van der Waals surface area contributed by atoms with Crippen LogP contribution in [0.4, 0.5) is 0 Å². The zero-order chi connectivity index (χ0) is 15.7. The maximum absolute atomic E-state index is 4.74. The Labute approximate surface area is 123 Å². The average Bonchev–Trinajstić information content (AvgIpc) is 2.54. The second-order valence-corrected chi connectivity index (χ2v) is 7.40. The molecule has 0 saturated heterocycles. The van der Waals surface area contributed by atoms with Gasteiger partial charge in [-0.1, -0.05) is 0 Å². The molecule has 0 bridgehead atoms. The van der Waals surface area contributed by atoms with Gasteiger partial charge >= 0.3 is 0 Å². The Morgan fingerprint density at radius 2 is 1.10 bits per heavy atom. The summed E-state index contributed by atoms with van der Waals surface area (Å²) in [5.41, 5.74) is 4.33. The topological polar surface area (TPSA) is 29.6 Å². The van der Waals surface area contributed by atoms with Crippen molar-refractivity contribution in [1.29, 1.82) is 0 Å². The third-order valence-corrected chi connectivity index (χ3v) is 2.87. The molecule has 0 aromatic carbocycles. The highest BCUT2D eigenvalue weighted by Gasteiger charge is 2.15. The minimum atomic E-state index is -0.0525. The van der Waals surface area contributed by atoms with Crippen molar-refractivity contribution < 1.29 is 0 Å². The quantitative estimate of drug-likeness (QED) is 0.723. The van der Waals surface area contributed by atoms with Crippen LogP contribution in [0.3, 0.4) is 0 Å². The van der Waals surface area contributed by atoms with Gasteiger partial charge in [-0.05, 0) is 67.5 Å². The predicted octanol–water partition coefficient (Wildman–Crippen LogP) is 4.24. The molecule has 0 spiro atoms. The largest absolute Gasteiger partial charge is 0.342 e. The molecule has 0 aliphatic rings. The van der Waals surface area contributed by atoms with Crippen LogP contribution in [0.1, 0.15) is 66.8 Å². The zero-order valence-electron chi connectivity index (χ0n) is 14.5. The molecule has 3 nitrogen and oxygen atoms in total. The first kappa shape index (κ1) is 16.7. The van der Waals surface area contributed by atoms with Crippen LogP contribution in [0.15, 0.2) is 22.1 Å². The molecule has 0 unspecified atom stereocenters. The van der Waals surface area contributed by atoms with Gasteiger partial charge in [-0.2, -0.15) is 0 Å². The van der Waals surface area contributed by atoms with E-state index in [1.54, 1.807) is 0 Å². The van der Waals surface area contributed by atoms with E-state index in [0.29, 0.717) is 0 Å². The van der Waals surface area contributed by atoms with Crippen LogP contribution < -0.4 is 0 Å². The molecule has 1 heterocycles. The van der Waals surface area contributed by atoms with E-state index in [1.807, 2.05) is 0 Å². The minimum absolute atomic E-state index is 0.0525. The number of rotatable bonds is 2. The summed E-state index contributed by atoms with van der Waals surface area (Å²) in [5.74, 6) is 0. The van der Waals surface area contributed by atoms with Crippen molar-refractivity contribution in [3.05, 3.63) is 23.5 Å².